The number of hydrogen-bond donors (Lipinski definition) is 0. The van der Waals surface area contributed by atoms with Crippen LogP contribution in [-0.4, -0.2) is 32.2 Å². The number of hydrogen-bond acceptors (Lipinski definition) is 5. The van der Waals surface area contributed by atoms with Crippen molar-refractivity contribution in [2.75, 3.05) is 0 Å². The Morgan fingerprint density at radius 2 is 1.83 bits per heavy atom. The number of carbonyl (C=O) groups excluding carboxylic acids is 2. The van der Waals surface area contributed by atoms with Gasteiger partial charge in [-0.05, 0) is 36.8 Å². The second-order valence-electron chi connectivity index (χ2n) is 6.18. The standard InChI is InChI=1S/C20H15F3N4O2/c1-13-4-2-3-5-16(13)19(29)27(12-28)10-15-8-18(26-11-25-15)17-7-6-14(9-24-17)20(21,22)23/h2-9,11-12H,10H2,1H3. The summed E-state index contributed by atoms with van der Waals surface area (Å²) in [6.07, 6.45) is -2.16. The molecule has 0 fully saturated rings. The first-order valence-corrected chi connectivity index (χ1v) is 8.46. The summed E-state index contributed by atoms with van der Waals surface area (Å²) in [7, 11) is 0. The molecule has 0 saturated heterocycles. The largest absolute Gasteiger partial charge is 0.417 e. The van der Waals surface area contributed by atoms with Crippen molar-refractivity contribution in [2.24, 2.45) is 0 Å². The highest BCUT2D eigenvalue weighted by Crippen LogP contribution is 2.29. The van der Waals surface area contributed by atoms with E-state index in [1.807, 2.05) is 0 Å². The van der Waals surface area contributed by atoms with Crippen molar-refractivity contribution in [2.45, 2.75) is 19.6 Å². The summed E-state index contributed by atoms with van der Waals surface area (Å²) in [4.78, 5) is 36.9. The third kappa shape index (κ3) is 4.63. The predicted octanol–water partition coefficient (Wildman–Crippen LogP) is 3.66. The van der Waals surface area contributed by atoms with Crippen LogP contribution in [-0.2, 0) is 17.5 Å². The zero-order valence-corrected chi connectivity index (χ0v) is 15.2. The van der Waals surface area contributed by atoms with E-state index in [2.05, 4.69) is 15.0 Å². The number of imide groups is 1. The normalized spacial score (nSPS) is 11.2. The molecule has 0 radical (unpaired) electrons. The van der Waals surface area contributed by atoms with Crippen molar-refractivity contribution in [3.8, 4) is 11.4 Å². The predicted molar refractivity (Wildman–Crippen MR) is 97.4 cm³/mol. The molecular formula is C20H15F3N4O2. The van der Waals surface area contributed by atoms with Crippen LogP contribution in [0, 0.1) is 6.92 Å². The molecule has 0 N–H and O–H groups in total. The lowest BCUT2D eigenvalue weighted by atomic mass is 10.1. The zero-order chi connectivity index (χ0) is 21.0. The monoisotopic (exact) mass is 400 g/mol. The topological polar surface area (TPSA) is 76.1 Å². The van der Waals surface area contributed by atoms with Crippen molar-refractivity contribution in [3.63, 3.8) is 0 Å². The van der Waals surface area contributed by atoms with Gasteiger partial charge < -0.3 is 0 Å². The Hall–Kier alpha value is -3.62. The number of alkyl halides is 3. The number of amides is 2. The van der Waals surface area contributed by atoms with Crippen molar-refractivity contribution in [1.82, 2.24) is 19.9 Å². The van der Waals surface area contributed by atoms with E-state index in [4.69, 9.17) is 0 Å². The number of aryl methyl sites for hydroxylation is 1. The van der Waals surface area contributed by atoms with Crippen LogP contribution in [0.5, 0.6) is 0 Å². The first-order valence-electron chi connectivity index (χ1n) is 8.46. The number of benzene rings is 1. The van der Waals surface area contributed by atoms with E-state index in [1.165, 1.54) is 18.5 Å². The van der Waals surface area contributed by atoms with Crippen molar-refractivity contribution >= 4 is 12.3 Å². The molecule has 3 aromatic rings. The summed E-state index contributed by atoms with van der Waals surface area (Å²) in [5.41, 5.74) is 1.07. The average molecular weight is 400 g/mol. The highest BCUT2D eigenvalue weighted by Gasteiger charge is 2.30. The molecule has 2 heterocycles. The van der Waals surface area contributed by atoms with E-state index < -0.39 is 17.6 Å². The number of halogens is 3. The van der Waals surface area contributed by atoms with Crippen LogP contribution in [0.15, 0.2) is 55.0 Å². The van der Waals surface area contributed by atoms with Gasteiger partial charge in [0.05, 0.1) is 29.2 Å². The zero-order valence-electron chi connectivity index (χ0n) is 15.2. The molecule has 0 bridgehead atoms. The third-order valence-electron chi connectivity index (χ3n) is 4.17. The molecule has 9 heteroatoms. The van der Waals surface area contributed by atoms with E-state index in [0.717, 1.165) is 22.7 Å². The minimum absolute atomic E-state index is 0.118. The second kappa shape index (κ2) is 8.17. The fourth-order valence-corrected chi connectivity index (χ4v) is 2.64. The molecule has 0 unspecified atom stereocenters. The van der Waals surface area contributed by atoms with Crippen LogP contribution in [0.2, 0.25) is 0 Å². The van der Waals surface area contributed by atoms with Crippen molar-refractivity contribution in [3.05, 3.63) is 77.4 Å². The molecule has 29 heavy (non-hydrogen) atoms. The van der Waals surface area contributed by atoms with Gasteiger partial charge in [-0.1, -0.05) is 18.2 Å². The van der Waals surface area contributed by atoms with Gasteiger partial charge in [-0.2, -0.15) is 13.2 Å². The molecule has 0 aliphatic rings. The fourth-order valence-electron chi connectivity index (χ4n) is 2.64. The van der Waals surface area contributed by atoms with E-state index in [1.54, 1.807) is 31.2 Å². The summed E-state index contributed by atoms with van der Waals surface area (Å²) >= 11 is 0. The molecule has 0 atom stereocenters. The molecule has 1 aromatic carbocycles. The number of rotatable bonds is 5. The van der Waals surface area contributed by atoms with Gasteiger partial charge in [0.15, 0.2) is 0 Å². The van der Waals surface area contributed by atoms with Gasteiger partial charge in [-0.25, -0.2) is 9.97 Å². The highest BCUT2D eigenvalue weighted by atomic mass is 19.4. The van der Waals surface area contributed by atoms with Gasteiger partial charge in [0, 0.05) is 11.8 Å². The maximum absolute atomic E-state index is 12.7. The SMILES string of the molecule is Cc1ccccc1C(=O)N(C=O)Cc1cc(-c2ccc(C(F)(F)F)cn2)ncn1. The van der Waals surface area contributed by atoms with E-state index >= 15 is 0 Å². The van der Waals surface area contributed by atoms with Gasteiger partial charge in [0.25, 0.3) is 5.91 Å². The average Bonchev–Trinajstić information content (AvgIpc) is 2.71. The maximum atomic E-state index is 12.7. The van der Waals surface area contributed by atoms with E-state index in [0.29, 0.717) is 17.7 Å². The van der Waals surface area contributed by atoms with Crippen LogP contribution in [0.25, 0.3) is 11.4 Å². The molecule has 6 nitrogen and oxygen atoms in total. The van der Waals surface area contributed by atoms with Crippen LogP contribution >= 0.6 is 0 Å². The Balaban J connectivity index is 1.82. The summed E-state index contributed by atoms with van der Waals surface area (Å²) in [5, 5.41) is 0. The second-order valence-corrected chi connectivity index (χ2v) is 6.18. The first-order chi connectivity index (χ1) is 13.8. The third-order valence-corrected chi connectivity index (χ3v) is 4.17. The van der Waals surface area contributed by atoms with Gasteiger partial charge in [-0.15, -0.1) is 0 Å². The Kier molecular flexibility index (Phi) is 5.67. The summed E-state index contributed by atoms with van der Waals surface area (Å²) in [6.45, 7) is 1.64. The number of pyridine rings is 1. The Bertz CT molecular complexity index is 1040. The number of carbonyl (C=O) groups is 2. The lowest BCUT2D eigenvalue weighted by molar-refractivity contribution is -0.137. The summed E-state index contributed by atoms with van der Waals surface area (Å²) in [5.74, 6) is -0.481. The van der Waals surface area contributed by atoms with Crippen molar-refractivity contribution in [1.29, 1.82) is 0 Å². The van der Waals surface area contributed by atoms with Crippen LogP contribution in [0.1, 0.15) is 27.2 Å². The lowest BCUT2D eigenvalue weighted by Crippen LogP contribution is -2.30. The molecule has 2 aromatic heterocycles. The molecule has 2 amide bonds. The molecular weight excluding hydrogens is 385 g/mol. The lowest BCUT2D eigenvalue weighted by Gasteiger charge is -2.16. The van der Waals surface area contributed by atoms with Crippen LogP contribution < -0.4 is 0 Å². The van der Waals surface area contributed by atoms with E-state index in [-0.39, 0.29) is 17.9 Å². The molecule has 148 valence electrons. The fraction of sp³-hybridized carbons (Fsp3) is 0.150. The Labute approximate surface area is 164 Å². The van der Waals surface area contributed by atoms with Crippen LogP contribution in [0.3, 0.4) is 0 Å². The Morgan fingerprint density at radius 3 is 2.45 bits per heavy atom. The molecule has 0 saturated carbocycles. The van der Waals surface area contributed by atoms with E-state index in [9.17, 15) is 22.8 Å². The minimum Gasteiger partial charge on any atom is -0.278 e. The summed E-state index contributed by atoms with van der Waals surface area (Å²) in [6, 6.07) is 10.4. The summed E-state index contributed by atoms with van der Waals surface area (Å²) < 4.78 is 38.0. The van der Waals surface area contributed by atoms with Crippen LogP contribution in [0.4, 0.5) is 13.2 Å². The van der Waals surface area contributed by atoms with Gasteiger partial charge >= 0.3 is 6.18 Å². The van der Waals surface area contributed by atoms with Gasteiger partial charge in [0.1, 0.15) is 6.33 Å². The molecule has 3 rings (SSSR count). The minimum atomic E-state index is -4.48. The first kappa shape index (κ1) is 20.1. The smallest absolute Gasteiger partial charge is 0.278 e. The number of aromatic nitrogens is 3. The Morgan fingerprint density at radius 1 is 1.07 bits per heavy atom. The maximum Gasteiger partial charge on any atom is 0.417 e. The molecule has 0 spiro atoms. The highest BCUT2D eigenvalue weighted by molar-refractivity contribution is 6.00. The molecule has 0 aliphatic heterocycles. The number of nitrogens with zero attached hydrogens (tertiary/aromatic N) is 4. The van der Waals surface area contributed by atoms with Gasteiger partial charge in [-0.3, -0.25) is 19.5 Å². The van der Waals surface area contributed by atoms with Gasteiger partial charge in [0.2, 0.25) is 6.41 Å². The van der Waals surface area contributed by atoms with Crippen molar-refractivity contribution < 1.29 is 22.8 Å². The molecule has 0 aliphatic carbocycles. The quantitative estimate of drug-likeness (QED) is 0.611.